The highest BCUT2D eigenvalue weighted by molar-refractivity contribution is 5.93. The van der Waals surface area contributed by atoms with Gasteiger partial charge in [-0.2, -0.15) is 0 Å². The number of pyridine rings is 1. The maximum atomic E-state index is 14.6. The van der Waals surface area contributed by atoms with Crippen molar-refractivity contribution < 1.29 is 14.3 Å². The number of carboxylic acids is 1. The molecule has 0 atom stereocenters. The molecule has 0 spiro atoms. The van der Waals surface area contributed by atoms with Gasteiger partial charge >= 0.3 is 5.97 Å². The first-order valence-electron chi connectivity index (χ1n) is 8.38. The molecule has 0 aliphatic rings. The molecule has 1 N–H and O–H groups in total. The van der Waals surface area contributed by atoms with Crippen LogP contribution >= 0.6 is 0 Å². The number of hydrogen-bond donors (Lipinski definition) is 1. The summed E-state index contributed by atoms with van der Waals surface area (Å²) in [7, 11) is 0. The summed E-state index contributed by atoms with van der Waals surface area (Å²) in [5, 5.41) is 9.34. The van der Waals surface area contributed by atoms with Crippen LogP contribution in [0.2, 0.25) is 0 Å². The van der Waals surface area contributed by atoms with Crippen LogP contribution in [0.1, 0.15) is 42.3 Å². The third-order valence-corrected chi connectivity index (χ3v) is 4.16. The van der Waals surface area contributed by atoms with Crippen LogP contribution in [0.15, 0.2) is 53.5 Å². The zero-order valence-corrected chi connectivity index (χ0v) is 15.2. The molecule has 5 heteroatoms. The molecule has 3 rings (SSSR count). The van der Waals surface area contributed by atoms with Gasteiger partial charge in [-0.05, 0) is 45.0 Å². The van der Waals surface area contributed by atoms with Gasteiger partial charge in [0.1, 0.15) is 11.4 Å². The van der Waals surface area contributed by atoms with E-state index < -0.39 is 22.8 Å². The molecule has 1 heterocycles. The van der Waals surface area contributed by atoms with Crippen LogP contribution in [0.3, 0.4) is 0 Å². The van der Waals surface area contributed by atoms with Crippen molar-refractivity contribution in [1.82, 2.24) is 4.57 Å². The summed E-state index contributed by atoms with van der Waals surface area (Å²) in [4.78, 5) is 23.9. The van der Waals surface area contributed by atoms with E-state index in [1.165, 1.54) is 12.3 Å². The highest BCUT2D eigenvalue weighted by Crippen LogP contribution is 2.24. The molecule has 4 nitrogen and oxygen atoms in total. The number of nitrogens with zero attached hydrogens (tertiary/aromatic N) is 1. The standard InChI is InChI=1S/C22H18FNO3/c1-22(2,3)24-13-17(21(26)27)20(25)16-12-18(23)15(11-19(16)24)10-9-14-7-5-4-6-8-14/h4-8,11-13H,1-3H3,(H,26,27). The largest absolute Gasteiger partial charge is 0.477 e. The molecule has 2 aromatic carbocycles. The van der Waals surface area contributed by atoms with E-state index in [9.17, 15) is 19.1 Å². The van der Waals surface area contributed by atoms with Crippen LogP contribution in [-0.2, 0) is 5.54 Å². The summed E-state index contributed by atoms with van der Waals surface area (Å²) in [6, 6.07) is 11.7. The topological polar surface area (TPSA) is 59.3 Å². The fraction of sp³-hybridized carbons (Fsp3) is 0.182. The molecule has 136 valence electrons. The second-order valence-electron chi connectivity index (χ2n) is 7.18. The van der Waals surface area contributed by atoms with Gasteiger partial charge in [0.05, 0.1) is 11.1 Å². The summed E-state index contributed by atoms with van der Waals surface area (Å²) < 4.78 is 16.2. The molecular weight excluding hydrogens is 345 g/mol. The van der Waals surface area contributed by atoms with Crippen LogP contribution in [-0.4, -0.2) is 15.6 Å². The molecule has 27 heavy (non-hydrogen) atoms. The smallest absolute Gasteiger partial charge is 0.341 e. The number of fused-ring (bicyclic) bond motifs is 1. The molecule has 0 amide bonds. The van der Waals surface area contributed by atoms with Gasteiger partial charge in [-0.25, -0.2) is 9.18 Å². The van der Waals surface area contributed by atoms with E-state index in [0.29, 0.717) is 5.52 Å². The summed E-state index contributed by atoms with van der Waals surface area (Å²) in [5.41, 5.74) is -0.285. The first kappa shape index (κ1) is 18.4. The summed E-state index contributed by atoms with van der Waals surface area (Å²) >= 11 is 0. The van der Waals surface area contributed by atoms with Crippen LogP contribution in [0, 0.1) is 17.7 Å². The molecule has 0 fully saturated rings. The third kappa shape index (κ3) is 3.61. The zero-order chi connectivity index (χ0) is 19.8. The van der Waals surface area contributed by atoms with Gasteiger partial charge in [-0.15, -0.1) is 0 Å². The number of hydrogen-bond acceptors (Lipinski definition) is 2. The third-order valence-electron chi connectivity index (χ3n) is 4.16. The molecule has 0 aliphatic heterocycles. The fourth-order valence-corrected chi connectivity index (χ4v) is 2.81. The number of aromatic carboxylic acids is 1. The van der Waals surface area contributed by atoms with Gasteiger partial charge in [-0.1, -0.05) is 30.0 Å². The van der Waals surface area contributed by atoms with Gasteiger partial charge in [-0.3, -0.25) is 4.79 Å². The number of halogens is 1. The predicted octanol–water partition coefficient (Wildman–Crippen LogP) is 3.99. The van der Waals surface area contributed by atoms with Crippen molar-refractivity contribution in [3.8, 4) is 11.8 Å². The Morgan fingerprint density at radius 1 is 1.11 bits per heavy atom. The minimum Gasteiger partial charge on any atom is -0.477 e. The van der Waals surface area contributed by atoms with Gasteiger partial charge in [0.15, 0.2) is 0 Å². The number of rotatable bonds is 1. The van der Waals surface area contributed by atoms with Crippen molar-refractivity contribution in [3.63, 3.8) is 0 Å². The SMILES string of the molecule is CC(C)(C)n1cc(C(=O)O)c(=O)c2cc(F)c(C#Cc3ccccc3)cc21. The Morgan fingerprint density at radius 2 is 1.78 bits per heavy atom. The first-order valence-corrected chi connectivity index (χ1v) is 8.38. The molecular formula is C22H18FNO3. The van der Waals surface area contributed by atoms with Crippen molar-refractivity contribution in [1.29, 1.82) is 0 Å². The van der Waals surface area contributed by atoms with Crippen LogP contribution in [0.25, 0.3) is 10.9 Å². The Morgan fingerprint density at radius 3 is 2.37 bits per heavy atom. The van der Waals surface area contributed by atoms with E-state index >= 15 is 0 Å². The molecule has 1 aromatic heterocycles. The molecule has 0 unspecified atom stereocenters. The number of carboxylic acid groups (broad SMARTS) is 1. The monoisotopic (exact) mass is 363 g/mol. The fourth-order valence-electron chi connectivity index (χ4n) is 2.81. The Bertz CT molecular complexity index is 1160. The van der Waals surface area contributed by atoms with E-state index in [0.717, 1.165) is 11.6 Å². The highest BCUT2D eigenvalue weighted by atomic mass is 19.1. The Kier molecular flexibility index (Phi) is 4.59. The lowest BCUT2D eigenvalue weighted by molar-refractivity contribution is 0.0694. The minimum absolute atomic E-state index is 0.0209. The average molecular weight is 363 g/mol. The van der Waals surface area contributed by atoms with Crippen LogP contribution in [0.5, 0.6) is 0 Å². The van der Waals surface area contributed by atoms with Gasteiger partial charge in [0.2, 0.25) is 5.43 Å². The summed E-state index contributed by atoms with van der Waals surface area (Å²) in [6.45, 7) is 5.63. The number of benzene rings is 2. The van der Waals surface area contributed by atoms with Crippen molar-refractivity contribution in [3.05, 3.63) is 81.4 Å². The van der Waals surface area contributed by atoms with E-state index in [-0.39, 0.29) is 16.5 Å². The lowest BCUT2D eigenvalue weighted by Crippen LogP contribution is -2.27. The Labute approximate surface area is 155 Å². The van der Waals surface area contributed by atoms with Crippen molar-refractivity contribution in [2.24, 2.45) is 0 Å². The van der Waals surface area contributed by atoms with Crippen LogP contribution in [0.4, 0.5) is 4.39 Å². The maximum absolute atomic E-state index is 14.6. The van der Waals surface area contributed by atoms with Crippen molar-refractivity contribution in [2.45, 2.75) is 26.3 Å². The Hall–Kier alpha value is -3.39. The average Bonchev–Trinajstić information content (AvgIpc) is 2.60. The van der Waals surface area contributed by atoms with E-state index in [4.69, 9.17) is 0 Å². The van der Waals surface area contributed by atoms with Gasteiger partial charge in [0.25, 0.3) is 0 Å². The zero-order valence-electron chi connectivity index (χ0n) is 15.2. The van der Waals surface area contributed by atoms with Crippen LogP contribution < -0.4 is 5.43 Å². The maximum Gasteiger partial charge on any atom is 0.341 e. The lowest BCUT2D eigenvalue weighted by atomic mass is 10.0. The summed E-state index contributed by atoms with van der Waals surface area (Å²) in [5.74, 6) is 3.70. The molecule has 0 radical (unpaired) electrons. The number of carbonyl (C=O) groups is 1. The second-order valence-corrected chi connectivity index (χ2v) is 7.18. The lowest BCUT2D eigenvalue weighted by Gasteiger charge is -2.26. The highest BCUT2D eigenvalue weighted by Gasteiger charge is 2.22. The Balaban J connectivity index is 2.31. The molecule has 0 saturated heterocycles. The molecule has 0 bridgehead atoms. The van der Waals surface area contributed by atoms with E-state index in [1.807, 2.05) is 51.1 Å². The normalized spacial score (nSPS) is 11.1. The predicted molar refractivity (Wildman–Crippen MR) is 103 cm³/mol. The molecule has 0 saturated carbocycles. The van der Waals surface area contributed by atoms with E-state index in [2.05, 4.69) is 11.8 Å². The quantitative estimate of drug-likeness (QED) is 0.665. The van der Waals surface area contributed by atoms with Gasteiger partial charge < -0.3 is 9.67 Å². The second kappa shape index (κ2) is 6.73. The van der Waals surface area contributed by atoms with Gasteiger partial charge in [0, 0.05) is 22.7 Å². The minimum atomic E-state index is -1.34. The summed E-state index contributed by atoms with van der Waals surface area (Å²) in [6.07, 6.45) is 1.30. The number of aromatic nitrogens is 1. The molecule has 0 aliphatic carbocycles. The van der Waals surface area contributed by atoms with Crippen molar-refractivity contribution in [2.75, 3.05) is 0 Å². The van der Waals surface area contributed by atoms with Crippen molar-refractivity contribution >= 4 is 16.9 Å². The molecule has 3 aromatic rings. The first-order chi connectivity index (χ1) is 12.7. The van der Waals surface area contributed by atoms with E-state index in [1.54, 1.807) is 4.57 Å².